The maximum atomic E-state index is 13.1. The summed E-state index contributed by atoms with van der Waals surface area (Å²) in [4.78, 5) is 33.7. The van der Waals surface area contributed by atoms with E-state index < -0.39 is 0 Å². The van der Waals surface area contributed by atoms with Gasteiger partial charge in [-0.05, 0) is 37.3 Å². The van der Waals surface area contributed by atoms with Crippen molar-refractivity contribution >= 4 is 22.8 Å². The quantitative estimate of drug-likeness (QED) is 0.573. The van der Waals surface area contributed by atoms with Crippen molar-refractivity contribution in [3.63, 3.8) is 0 Å². The Hall–Kier alpha value is -3.23. The summed E-state index contributed by atoms with van der Waals surface area (Å²) < 4.78 is 7.04. The van der Waals surface area contributed by atoms with E-state index in [1.54, 1.807) is 7.11 Å². The van der Waals surface area contributed by atoms with Gasteiger partial charge >= 0.3 is 0 Å². The summed E-state index contributed by atoms with van der Waals surface area (Å²) in [6, 6.07) is 15.8. The van der Waals surface area contributed by atoms with Crippen LogP contribution >= 0.6 is 0 Å². The number of fused-ring (bicyclic) bond motifs is 1. The number of rotatable bonds is 7. The first kappa shape index (κ1) is 22.0. The lowest BCUT2D eigenvalue weighted by Crippen LogP contribution is -2.51. The van der Waals surface area contributed by atoms with E-state index >= 15 is 0 Å². The van der Waals surface area contributed by atoms with Gasteiger partial charge in [-0.2, -0.15) is 0 Å². The van der Waals surface area contributed by atoms with Crippen LogP contribution in [0.2, 0.25) is 0 Å². The van der Waals surface area contributed by atoms with E-state index in [2.05, 4.69) is 19.8 Å². The monoisotopic (exact) mass is 435 g/mol. The number of para-hydroxylation sites is 1. The van der Waals surface area contributed by atoms with Crippen molar-refractivity contribution in [1.82, 2.24) is 24.7 Å². The normalized spacial score (nSPS) is 14.6. The molecule has 2 aromatic carbocycles. The van der Waals surface area contributed by atoms with Crippen molar-refractivity contribution in [2.45, 2.75) is 6.92 Å². The Balaban J connectivity index is 1.40. The molecule has 1 aliphatic rings. The molecule has 1 N–H and O–H groups in total. The molecule has 0 atom stereocenters. The standard InChI is InChI=1S/C24H29N5O3/c1-18-26-21-16-19(8-9-22(21)29(18)20-6-4-3-5-7-20)24(31)28-13-11-27(12-14-28)17-23(30)25-10-15-32-2/h3-9,16H,10-15,17H2,1-2H3,(H,25,30). The van der Waals surface area contributed by atoms with Crippen LogP contribution in [-0.2, 0) is 9.53 Å². The molecular formula is C24H29N5O3. The first-order chi connectivity index (χ1) is 15.6. The Morgan fingerprint density at radius 3 is 2.53 bits per heavy atom. The average molecular weight is 436 g/mol. The SMILES string of the molecule is COCCNC(=O)CN1CCN(C(=O)c2ccc3c(c2)nc(C)n3-c2ccccc2)CC1. The predicted molar refractivity (Wildman–Crippen MR) is 123 cm³/mol. The van der Waals surface area contributed by atoms with Crippen LogP contribution in [0, 0.1) is 6.92 Å². The van der Waals surface area contributed by atoms with Crippen LogP contribution in [-0.4, -0.2) is 84.2 Å². The number of aryl methyl sites for hydroxylation is 1. The molecule has 4 rings (SSSR count). The third-order valence-electron chi connectivity index (χ3n) is 5.74. The van der Waals surface area contributed by atoms with E-state index in [1.165, 1.54) is 0 Å². The van der Waals surface area contributed by atoms with Gasteiger partial charge < -0.3 is 15.0 Å². The summed E-state index contributed by atoms with van der Waals surface area (Å²) in [7, 11) is 1.61. The largest absolute Gasteiger partial charge is 0.383 e. The summed E-state index contributed by atoms with van der Waals surface area (Å²) in [6.45, 7) is 5.87. The molecular weight excluding hydrogens is 406 g/mol. The predicted octanol–water partition coefficient (Wildman–Crippen LogP) is 1.85. The molecule has 0 unspecified atom stereocenters. The maximum Gasteiger partial charge on any atom is 0.254 e. The fourth-order valence-corrected chi connectivity index (χ4v) is 4.08. The zero-order valence-electron chi connectivity index (χ0n) is 18.6. The fourth-order valence-electron chi connectivity index (χ4n) is 4.08. The van der Waals surface area contributed by atoms with Crippen LogP contribution in [0.25, 0.3) is 16.7 Å². The Kier molecular flexibility index (Phi) is 6.82. The number of ether oxygens (including phenoxy) is 1. The molecule has 8 nitrogen and oxygen atoms in total. The smallest absolute Gasteiger partial charge is 0.254 e. The van der Waals surface area contributed by atoms with Crippen molar-refractivity contribution in [1.29, 1.82) is 0 Å². The molecule has 0 bridgehead atoms. The number of imidazole rings is 1. The zero-order valence-corrected chi connectivity index (χ0v) is 18.6. The van der Waals surface area contributed by atoms with E-state index in [0.29, 0.717) is 51.4 Å². The molecule has 3 aromatic rings. The Bertz CT molecular complexity index is 1090. The highest BCUT2D eigenvalue weighted by molar-refractivity contribution is 5.97. The average Bonchev–Trinajstić information content (AvgIpc) is 3.14. The van der Waals surface area contributed by atoms with Crippen LogP contribution in [0.3, 0.4) is 0 Å². The van der Waals surface area contributed by atoms with Crippen LogP contribution in [0.15, 0.2) is 48.5 Å². The second-order valence-corrected chi connectivity index (χ2v) is 7.94. The summed E-state index contributed by atoms with van der Waals surface area (Å²) in [5.41, 5.74) is 3.48. The number of piperazine rings is 1. The second kappa shape index (κ2) is 9.93. The first-order valence-electron chi connectivity index (χ1n) is 10.9. The van der Waals surface area contributed by atoms with E-state index in [1.807, 2.05) is 60.4 Å². The first-order valence-corrected chi connectivity index (χ1v) is 10.9. The number of hydrogen-bond donors (Lipinski definition) is 1. The molecule has 0 saturated carbocycles. The molecule has 2 amide bonds. The summed E-state index contributed by atoms with van der Waals surface area (Å²) in [6.07, 6.45) is 0. The van der Waals surface area contributed by atoms with Gasteiger partial charge in [-0.3, -0.25) is 19.1 Å². The Labute approximate surface area is 187 Å². The van der Waals surface area contributed by atoms with Crippen molar-refractivity contribution in [2.75, 3.05) is 53.0 Å². The lowest BCUT2D eigenvalue weighted by atomic mass is 10.1. The third kappa shape index (κ3) is 4.81. The molecule has 2 heterocycles. The maximum absolute atomic E-state index is 13.1. The molecule has 0 spiro atoms. The summed E-state index contributed by atoms with van der Waals surface area (Å²) in [5, 5.41) is 2.83. The number of nitrogens with zero attached hydrogens (tertiary/aromatic N) is 4. The molecule has 0 aliphatic carbocycles. The molecule has 1 fully saturated rings. The van der Waals surface area contributed by atoms with Crippen LogP contribution in [0.4, 0.5) is 0 Å². The Morgan fingerprint density at radius 1 is 1.06 bits per heavy atom. The third-order valence-corrected chi connectivity index (χ3v) is 5.74. The van der Waals surface area contributed by atoms with E-state index in [4.69, 9.17) is 4.74 Å². The highest BCUT2D eigenvalue weighted by Crippen LogP contribution is 2.23. The fraction of sp³-hybridized carbons (Fsp3) is 0.375. The molecule has 0 radical (unpaired) electrons. The van der Waals surface area contributed by atoms with Gasteiger partial charge in [0.1, 0.15) is 5.82 Å². The van der Waals surface area contributed by atoms with Crippen LogP contribution in [0.5, 0.6) is 0 Å². The van der Waals surface area contributed by atoms with E-state index in [9.17, 15) is 9.59 Å². The topological polar surface area (TPSA) is 79.7 Å². The van der Waals surface area contributed by atoms with Gasteiger partial charge in [0, 0.05) is 51.1 Å². The summed E-state index contributed by atoms with van der Waals surface area (Å²) >= 11 is 0. The highest BCUT2D eigenvalue weighted by Gasteiger charge is 2.24. The van der Waals surface area contributed by atoms with Crippen molar-refractivity contribution in [2.24, 2.45) is 0 Å². The van der Waals surface area contributed by atoms with E-state index in [0.717, 1.165) is 22.5 Å². The molecule has 1 aromatic heterocycles. The van der Waals surface area contributed by atoms with Crippen LogP contribution in [0.1, 0.15) is 16.2 Å². The number of aromatic nitrogens is 2. The minimum Gasteiger partial charge on any atom is -0.383 e. The molecule has 1 aliphatic heterocycles. The number of nitrogens with one attached hydrogen (secondary N) is 1. The number of hydrogen-bond acceptors (Lipinski definition) is 5. The van der Waals surface area contributed by atoms with Crippen molar-refractivity contribution < 1.29 is 14.3 Å². The zero-order chi connectivity index (χ0) is 22.5. The second-order valence-electron chi connectivity index (χ2n) is 7.94. The number of carbonyl (C=O) groups excluding carboxylic acids is 2. The van der Waals surface area contributed by atoms with Crippen molar-refractivity contribution in [3.8, 4) is 5.69 Å². The van der Waals surface area contributed by atoms with Crippen molar-refractivity contribution in [3.05, 3.63) is 59.9 Å². The van der Waals surface area contributed by atoms with Gasteiger partial charge in [0.2, 0.25) is 5.91 Å². The number of amides is 2. The van der Waals surface area contributed by atoms with Gasteiger partial charge in [-0.25, -0.2) is 4.98 Å². The minimum absolute atomic E-state index is 0.00279. The van der Waals surface area contributed by atoms with Gasteiger partial charge in [0.05, 0.1) is 24.2 Å². The van der Waals surface area contributed by atoms with Crippen LogP contribution < -0.4 is 5.32 Å². The van der Waals surface area contributed by atoms with Gasteiger partial charge in [-0.1, -0.05) is 18.2 Å². The Morgan fingerprint density at radius 2 is 1.81 bits per heavy atom. The highest BCUT2D eigenvalue weighted by atomic mass is 16.5. The molecule has 8 heteroatoms. The van der Waals surface area contributed by atoms with Gasteiger partial charge in [-0.15, -0.1) is 0 Å². The minimum atomic E-state index is -0.0170. The number of methoxy groups -OCH3 is 1. The summed E-state index contributed by atoms with van der Waals surface area (Å²) in [5.74, 6) is 0.868. The van der Waals surface area contributed by atoms with E-state index in [-0.39, 0.29) is 11.8 Å². The molecule has 32 heavy (non-hydrogen) atoms. The lowest BCUT2D eigenvalue weighted by Gasteiger charge is -2.34. The molecule has 1 saturated heterocycles. The lowest BCUT2D eigenvalue weighted by molar-refractivity contribution is -0.122. The number of benzene rings is 2. The van der Waals surface area contributed by atoms with Gasteiger partial charge in [0.25, 0.3) is 5.91 Å². The van der Waals surface area contributed by atoms with Gasteiger partial charge in [0.15, 0.2) is 0 Å². The number of carbonyl (C=O) groups is 2. The molecule has 168 valence electrons.